The predicted molar refractivity (Wildman–Crippen MR) is 162 cm³/mol. The summed E-state index contributed by atoms with van der Waals surface area (Å²) in [5.41, 5.74) is -2.05. The molecule has 0 fully saturated rings. The molecule has 2 heterocycles. The fraction of sp³-hybridized carbons (Fsp3) is 0.250. The Morgan fingerprint density at radius 1 is 1.29 bits per heavy atom. The van der Waals surface area contributed by atoms with E-state index in [1.54, 1.807) is 13.0 Å². The summed E-state index contributed by atoms with van der Waals surface area (Å²) >= 11 is 6.46. The predicted octanol–water partition coefficient (Wildman–Crippen LogP) is 6.41. The minimum Gasteiger partial charge on any atom is -0.494 e. The highest BCUT2D eigenvalue weighted by Gasteiger charge is 2.16. The first-order valence-electron chi connectivity index (χ1n) is 19.5. The van der Waals surface area contributed by atoms with Gasteiger partial charge >= 0.3 is 0 Å². The number of benzene rings is 2. The number of pyridine rings is 2. The van der Waals surface area contributed by atoms with Crippen molar-refractivity contribution in [2.45, 2.75) is 26.9 Å². The molecule has 4 aromatic rings. The number of anilines is 2. The molecule has 4 rings (SSSR count). The van der Waals surface area contributed by atoms with Crippen molar-refractivity contribution in [3.8, 4) is 17.6 Å². The van der Waals surface area contributed by atoms with E-state index in [9.17, 15) is 10.1 Å². The number of hydrogen-bond donors (Lipinski definition) is 1. The molecule has 0 unspecified atom stereocenters. The lowest BCUT2D eigenvalue weighted by Gasteiger charge is -2.16. The van der Waals surface area contributed by atoms with Crippen LogP contribution in [0.25, 0.3) is 10.9 Å². The number of nitrogens with zero attached hydrogens (tertiary/aromatic N) is 4. The van der Waals surface area contributed by atoms with Gasteiger partial charge < -0.3 is 19.7 Å². The molecular weight excluding hydrogens is 538 g/mol. The molecule has 210 valence electrons. The Labute approximate surface area is 266 Å². The van der Waals surface area contributed by atoms with Gasteiger partial charge in [-0.1, -0.05) is 23.7 Å². The molecule has 0 saturated heterocycles. The van der Waals surface area contributed by atoms with Crippen LogP contribution in [0.3, 0.4) is 0 Å². The molecule has 2 aromatic carbocycles. The van der Waals surface area contributed by atoms with Crippen molar-refractivity contribution < 1.29 is 34.8 Å². The van der Waals surface area contributed by atoms with E-state index in [1.807, 2.05) is 0 Å². The van der Waals surface area contributed by atoms with E-state index >= 15 is 0 Å². The van der Waals surface area contributed by atoms with Crippen LogP contribution in [-0.2, 0) is 17.8 Å². The Morgan fingerprint density at radius 2 is 2.15 bits per heavy atom. The molecule has 0 aliphatic carbocycles. The number of aromatic nitrogens is 2. The number of ether oxygens (including phenoxy) is 2. The van der Waals surface area contributed by atoms with Gasteiger partial charge in [0.1, 0.15) is 24.2 Å². The molecule has 1 N–H and O–H groups in total. The Kier molecular flexibility index (Phi) is 5.21. The molecule has 0 aliphatic rings. The summed E-state index contributed by atoms with van der Waals surface area (Å²) < 4.78 is 135. The van der Waals surface area contributed by atoms with E-state index in [1.165, 1.54) is 6.92 Å². The van der Waals surface area contributed by atoms with Gasteiger partial charge in [-0.2, -0.15) is 5.26 Å². The third kappa shape index (κ3) is 7.82. The average Bonchev–Trinajstić information content (AvgIpc) is 3.12. The van der Waals surface area contributed by atoms with Gasteiger partial charge in [0, 0.05) is 54.3 Å². The summed E-state index contributed by atoms with van der Waals surface area (Å²) in [5, 5.41) is 11.9. The maximum Gasteiger partial charge on any atom is 0.159 e. The topological polar surface area (TPSA) is 100 Å². The molecule has 8 nitrogen and oxygen atoms in total. The lowest BCUT2D eigenvalue weighted by molar-refractivity contribution is -0.114. The molecular formula is C32H32ClN5O3. The van der Waals surface area contributed by atoms with Gasteiger partial charge in [0.05, 0.1) is 47.8 Å². The van der Waals surface area contributed by atoms with Crippen molar-refractivity contribution in [2.24, 2.45) is 0 Å². The normalized spacial score (nSPS) is 17.3. The van der Waals surface area contributed by atoms with Crippen molar-refractivity contribution in [2.75, 3.05) is 32.4 Å². The van der Waals surface area contributed by atoms with Crippen molar-refractivity contribution in [1.82, 2.24) is 14.9 Å². The summed E-state index contributed by atoms with van der Waals surface area (Å²) in [6, 6.07) is -3.50. The highest BCUT2D eigenvalue weighted by atomic mass is 35.5. The summed E-state index contributed by atoms with van der Waals surface area (Å²) in [4.78, 5) is 21.7. The van der Waals surface area contributed by atoms with Crippen LogP contribution in [0.2, 0.25) is 5.02 Å². The second kappa shape index (κ2) is 13.8. The summed E-state index contributed by atoms with van der Waals surface area (Å²) in [6.45, 7) is -3.49. The third-order valence-corrected chi connectivity index (χ3v) is 5.37. The van der Waals surface area contributed by atoms with E-state index in [-0.39, 0.29) is 51.2 Å². The standard InChI is InChI=1S/C32H32ClN5O3/c1-5-40-31-17-29-27(15-22(31)14-26(39)10-7-13-38(3)4)32(23(18-34)19-35-29)37-24-11-12-30(28(33)16-24)41-20-25-9-6-8-21(2)36-25/h6-12,15-17,19H,5,13-14,20H2,1-4H3,(H,35,37)/b10-7+/i3D3,6D,7D,8D,9D,11D,12D,13D2,15D,16D,17D,19D. The van der Waals surface area contributed by atoms with Crippen LogP contribution in [0.4, 0.5) is 11.4 Å². The van der Waals surface area contributed by atoms with Gasteiger partial charge in [-0.3, -0.25) is 14.8 Å². The van der Waals surface area contributed by atoms with E-state index in [4.69, 9.17) is 41.6 Å². The first-order valence-corrected chi connectivity index (χ1v) is 12.4. The zero-order chi connectivity index (χ0) is 42.4. The van der Waals surface area contributed by atoms with Gasteiger partial charge in [-0.05, 0) is 70.2 Å². The lowest BCUT2D eigenvalue weighted by Crippen LogP contribution is -2.11. The second-order valence-electron chi connectivity index (χ2n) is 8.23. The van der Waals surface area contributed by atoms with Crippen LogP contribution >= 0.6 is 11.6 Å². The number of carbonyl (C=O) groups is 1. The van der Waals surface area contributed by atoms with Crippen molar-refractivity contribution in [3.05, 3.63) is 94.2 Å². The summed E-state index contributed by atoms with van der Waals surface area (Å²) in [6.07, 6.45) is -0.950. The number of likely N-dealkylation sites (N-methyl/N-ethyl adjacent to an activating group) is 1. The zero-order valence-corrected chi connectivity index (χ0v) is 22.8. The van der Waals surface area contributed by atoms with Gasteiger partial charge in [0.2, 0.25) is 0 Å². The number of nitriles is 1. The largest absolute Gasteiger partial charge is 0.494 e. The molecule has 9 heteroatoms. The Bertz CT molecular complexity index is 2320. The fourth-order valence-electron chi connectivity index (χ4n) is 3.42. The number of fused-ring (bicyclic) bond motifs is 1. The Balaban J connectivity index is 1.89. The van der Waals surface area contributed by atoms with Crippen LogP contribution in [0.15, 0.2) is 66.6 Å². The van der Waals surface area contributed by atoms with E-state index in [2.05, 4.69) is 15.3 Å². The number of hydrogen-bond acceptors (Lipinski definition) is 8. The summed E-state index contributed by atoms with van der Waals surface area (Å²) in [5.74, 6) is -1.80. The van der Waals surface area contributed by atoms with Crippen LogP contribution in [0.1, 0.15) is 50.0 Å². The first-order chi connectivity index (χ1) is 25.9. The number of halogens is 1. The fourth-order valence-corrected chi connectivity index (χ4v) is 3.62. The van der Waals surface area contributed by atoms with E-state index in [0.29, 0.717) is 6.08 Å². The second-order valence-corrected chi connectivity index (χ2v) is 8.61. The number of ketones is 1. The molecule has 2 aromatic heterocycles. The quantitative estimate of drug-likeness (QED) is 0.191. The van der Waals surface area contributed by atoms with Crippen LogP contribution < -0.4 is 14.8 Å². The average molecular weight is 585 g/mol. The van der Waals surface area contributed by atoms with Gasteiger partial charge in [-0.15, -0.1) is 0 Å². The maximum atomic E-state index is 13.3. The number of carbonyl (C=O) groups excluding carboxylic acids is 1. The monoisotopic (exact) mass is 584 g/mol. The minimum absolute atomic E-state index is 0.0740. The molecule has 0 amide bonds. The zero-order valence-electron chi connectivity index (χ0n) is 37.1. The molecule has 0 spiro atoms. The minimum atomic E-state index is -2.96. The van der Waals surface area contributed by atoms with Crippen LogP contribution in [-0.4, -0.2) is 47.8 Å². The Morgan fingerprint density at radius 3 is 2.93 bits per heavy atom. The number of aryl methyl sites for hydroxylation is 1. The van der Waals surface area contributed by atoms with Crippen molar-refractivity contribution in [1.29, 1.82) is 5.26 Å². The number of allylic oxidation sites excluding steroid dienone is 1. The smallest absolute Gasteiger partial charge is 0.159 e. The van der Waals surface area contributed by atoms with E-state index in [0.717, 1.165) is 7.05 Å². The number of nitrogens with one attached hydrogen (secondary N) is 1. The van der Waals surface area contributed by atoms with Crippen molar-refractivity contribution >= 4 is 39.7 Å². The molecule has 0 radical (unpaired) electrons. The lowest BCUT2D eigenvalue weighted by atomic mass is 10.0. The highest BCUT2D eigenvalue weighted by Crippen LogP contribution is 2.36. The summed E-state index contributed by atoms with van der Waals surface area (Å²) in [7, 11) is 0.905. The molecule has 0 aliphatic heterocycles. The third-order valence-electron chi connectivity index (χ3n) is 5.11. The highest BCUT2D eigenvalue weighted by molar-refractivity contribution is 6.32. The van der Waals surface area contributed by atoms with Gasteiger partial charge in [0.25, 0.3) is 0 Å². The van der Waals surface area contributed by atoms with Gasteiger partial charge in [-0.25, -0.2) is 0 Å². The number of rotatable bonds is 12. The molecule has 41 heavy (non-hydrogen) atoms. The van der Waals surface area contributed by atoms with Crippen molar-refractivity contribution in [3.63, 3.8) is 0 Å². The molecule has 0 bridgehead atoms. The maximum absolute atomic E-state index is 13.3. The van der Waals surface area contributed by atoms with Crippen LogP contribution in [0, 0.1) is 18.3 Å². The Hall–Kier alpha value is -4.45. The molecule has 0 saturated carbocycles. The SMILES string of the molecule is [2H]/C(=C\C(=O)Cc1c(OCC)c([2H])c2nc([2H])c(C#N)c(Nc3c([2H])c([2H])c(OCc4nc(C)c([2H])c([2H])c4[2H])c(Cl)c3[2H])c2c1[2H])C([2H])([2H])N(C)C([2H])([2H])[2H]. The first kappa shape index (κ1) is 15.5. The molecule has 0 atom stereocenters. The van der Waals surface area contributed by atoms with Crippen LogP contribution in [0.5, 0.6) is 11.5 Å². The van der Waals surface area contributed by atoms with Gasteiger partial charge in [0.15, 0.2) is 5.78 Å². The van der Waals surface area contributed by atoms with E-state index < -0.39 is 115 Å².